The van der Waals surface area contributed by atoms with E-state index in [1.807, 2.05) is 31.3 Å². The van der Waals surface area contributed by atoms with Gasteiger partial charge in [-0.1, -0.05) is 18.2 Å². The van der Waals surface area contributed by atoms with E-state index >= 15 is 0 Å². The van der Waals surface area contributed by atoms with Gasteiger partial charge < -0.3 is 10.0 Å². The molecule has 0 atom stereocenters. The monoisotopic (exact) mass is 233 g/mol. The van der Waals surface area contributed by atoms with E-state index in [-0.39, 0.29) is 12.5 Å². The number of amides is 1. The van der Waals surface area contributed by atoms with E-state index in [4.69, 9.17) is 5.11 Å². The van der Waals surface area contributed by atoms with E-state index in [0.29, 0.717) is 12.2 Å². The van der Waals surface area contributed by atoms with Crippen molar-refractivity contribution in [2.75, 3.05) is 20.2 Å². The molecule has 0 saturated carbocycles. The summed E-state index contributed by atoms with van der Waals surface area (Å²) in [6.07, 6.45) is 0. The highest BCUT2D eigenvalue weighted by Gasteiger charge is 2.18. The molecule has 0 unspecified atom stereocenters. The van der Waals surface area contributed by atoms with Crippen molar-refractivity contribution in [3.8, 4) is 0 Å². The first kappa shape index (κ1) is 11.6. The second-order valence-electron chi connectivity index (χ2n) is 3.94. The smallest absolute Gasteiger partial charge is 0.274 e. The Balaban J connectivity index is 2.45. The molecule has 0 aliphatic heterocycles. The highest BCUT2D eigenvalue weighted by Crippen LogP contribution is 2.18. The van der Waals surface area contributed by atoms with Crippen molar-refractivity contribution in [2.45, 2.75) is 0 Å². The van der Waals surface area contributed by atoms with Crippen LogP contribution >= 0.6 is 0 Å². The Labute approximate surface area is 99.3 Å². The topological polar surface area (TPSA) is 58.4 Å². The highest BCUT2D eigenvalue weighted by molar-refractivity contribution is 6.04. The Morgan fingerprint density at radius 3 is 2.88 bits per heavy atom. The van der Waals surface area contributed by atoms with Crippen LogP contribution in [-0.2, 0) is 7.05 Å². The van der Waals surface area contributed by atoms with Gasteiger partial charge in [-0.3, -0.25) is 9.48 Å². The molecule has 2 aromatic rings. The number of carbonyl (C=O) groups excluding carboxylic acids is 1. The lowest BCUT2D eigenvalue weighted by Gasteiger charge is -2.13. The van der Waals surface area contributed by atoms with Crippen molar-refractivity contribution in [2.24, 2.45) is 7.05 Å². The Kier molecular flexibility index (Phi) is 3.10. The lowest BCUT2D eigenvalue weighted by molar-refractivity contribution is 0.0762. The molecule has 1 aromatic heterocycles. The van der Waals surface area contributed by atoms with Crippen molar-refractivity contribution in [1.82, 2.24) is 14.7 Å². The number of hydrogen-bond acceptors (Lipinski definition) is 3. The third-order valence-electron chi connectivity index (χ3n) is 2.74. The lowest BCUT2D eigenvalue weighted by Crippen LogP contribution is -2.30. The zero-order valence-electron chi connectivity index (χ0n) is 9.92. The molecule has 2 rings (SSSR count). The number of nitrogens with zero attached hydrogens (tertiary/aromatic N) is 3. The maximum Gasteiger partial charge on any atom is 0.274 e. The summed E-state index contributed by atoms with van der Waals surface area (Å²) in [4.78, 5) is 13.6. The van der Waals surface area contributed by atoms with Gasteiger partial charge in [0, 0.05) is 26.0 Å². The average Bonchev–Trinajstić information content (AvgIpc) is 2.67. The summed E-state index contributed by atoms with van der Waals surface area (Å²) in [7, 11) is 3.47. The maximum atomic E-state index is 12.1. The number of aryl methyl sites for hydroxylation is 1. The maximum absolute atomic E-state index is 12.1. The first-order chi connectivity index (χ1) is 8.15. The zero-order chi connectivity index (χ0) is 12.4. The summed E-state index contributed by atoms with van der Waals surface area (Å²) in [6, 6.07) is 7.59. The number of hydrogen-bond donors (Lipinski definition) is 1. The molecular formula is C12H15N3O2. The molecule has 0 aliphatic rings. The number of carbonyl (C=O) groups is 1. The van der Waals surface area contributed by atoms with Crippen LogP contribution in [0.2, 0.25) is 0 Å². The molecule has 5 nitrogen and oxygen atoms in total. The number of para-hydroxylation sites is 1. The van der Waals surface area contributed by atoms with Gasteiger partial charge in [0.15, 0.2) is 5.69 Å². The SMILES string of the molecule is CN(CCO)C(=O)c1nn(C)c2ccccc12. The fourth-order valence-corrected chi connectivity index (χ4v) is 1.80. The normalized spacial score (nSPS) is 10.8. The standard InChI is InChI=1S/C12H15N3O2/c1-14(7-8-16)12(17)11-9-5-3-4-6-10(9)15(2)13-11/h3-6,16H,7-8H2,1-2H3. The molecule has 90 valence electrons. The van der Waals surface area contributed by atoms with Gasteiger partial charge in [-0.05, 0) is 6.07 Å². The van der Waals surface area contributed by atoms with E-state index in [2.05, 4.69) is 5.10 Å². The Bertz CT molecular complexity index is 548. The van der Waals surface area contributed by atoms with Gasteiger partial charge in [-0.2, -0.15) is 5.10 Å². The van der Waals surface area contributed by atoms with Crippen LogP contribution in [0, 0.1) is 0 Å². The van der Waals surface area contributed by atoms with E-state index < -0.39 is 0 Å². The van der Waals surface area contributed by atoms with Crippen molar-refractivity contribution in [3.63, 3.8) is 0 Å². The highest BCUT2D eigenvalue weighted by atomic mass is 16.3. The van der Waals surface area contributed by atoms with Crippen molar-refractivity contribution >= 4 is 16.8 Å². The van der Waals surface area contributed by atoms with E-state index in [9.17, 15) is 4.79 Å². The summed E-state index contributed by atoms with van der Waals surface area (Å²) in [5, 5.41) is 13.9. The van der Waals surface area contributed by atoms with Crippen LogP contribution in [0.5, 0.6) is 0 Å². The molecule has 0 radical (unpaired) electrons. The Hall–Kier alpha value is -1.88. The molecule has 1 N–H and O–H groups in total. The quantitative estimate of drug-likeness (QED) is 0.846. The van der Waals surface area contributed by atoms with Gasteiger partial charge in [-0.15, -0.1) is 0 Å². The first-order valence-electron chi connectivity index (χ1n) is 5.43. The number of aliphatic hydroxyl groups excluding tert-OH is 1. The zero-order valence-corrected chi connectivity index (χ0v) is 9.92. The van der Waals surface area contributed by atoms with E-state index in [1.165, 1.54) is 4.90 Å². The molecule has 1 amide bonds. The van der Waals surface area contributed by atoms with Crippen LogP contribution < -0.4 is 0 Å². The largest absolute Gasteiger partial charge is 0.395 e. The molecule has 0 fully saturated rings. The molecule has 0 bridgehead atoms. The van der Waals surface area contributed by atoms with Crippen LogP contribution in [-0.4, -0.2) is 45.9 Å². The molecule has 0 aliphatic carbocycles. The van der Waals surface area contributed by atoms with Gasteiger partial charge in [0.1, 0.15) is 0 Å². The molecule has 17 heavy (non-hydrogen) atoms. The van der Waals surface area contributed by atoms with Gasteiger partial charge >= 0.3 is 0 Å². The molecule has 1 aromatic carbocycles. The Morgan fingerprint density at radius 1 is 1.47 bits per heavy atom. The Morgan fingerprint density at radius 2 is 2.18 bits per heavy atom. The van der Waals surface area contributed by atoms with Crippen molar-refractivity contribution in [3.05, 3.63) is 30.0 Å². The molecule has 0 spiro atoms. The van der Waals surface area contributed by atoms with Gasteiger partial charge in [-0.25, -0.2) is 0 Å². The molecule has 5 heteroatoms. The van der Waals surface area contributed by atoms with Crippen LogP contribution in [0.1, 0.15) is 10.5 Å². The minimum absolute atomic E-state index is 0.0486. The molecular weight excluding hydrogens is 218 g/mol. The summed E-state index contributed by atoms with van der Waals surface area (Å²) >= 11 is 0. The minimum Gasteiger partial charge on any atom is -0.395 e. The van der Waals surface area contributed by atoms with Crippen molar-refractivity contribution in [1.29, 1.82) is 0 Å². The number of rotatable bonds is 3. The third kappa shape index (κ3) is 2.01. The second-order valence-corrected chi connectivity index (χ2v) is 3.94. The fraction of sp³-hybridized carbons (Fsp3) is 0.333. The third-order valence-corrected chi connectivity index (χ3v) is 2.74. The summed E-state index contributed by atoms with van der Waals surface area (Å²) in [6.45, 7) is 0.261. The number of fused-ring (bicyclic) bond motifs is 1. The number of likely N-dealkylation sites (N-methyl/N-ethyl adjacent to an activating group) is 1. The van der Waals surface area contributed by atoms with E-state index in [1.54, 1.807) is 11.7 Å². The number of aromatic nitrogens is 2. The number of aliphatic hydroxyl groups is 1. The average molecular weight is 233 g/mol. The minimum atomic E-state index is -0.171. The van der Waals surface area contributed by atoms with Crippen LogP contribution in [0.3, 0.4) is 0 Å². The molecule has 0 saturated heterocycles. The predicted molar refractivity (Wildman–Crippen MR) is 64.8 cm³/mol. The second kappa shape index (κ2) is 4.55. The van der Waals surface area contributed by atoms with Crippen LogP contribution in [0.25, 0.3) is 10.9 Å². The summed E-state index contributed by atoms with van der Waals surface area (Å²) in [5.74, 6) is -0.171. The summed E-state index contributed by atoms with van der Waals surface area (Å²) < 4.78 is 1.69. The van der Waals surface area contributed by atoms with Gasteiger partial charge in [0.05, 0.1) is 12.1 Å². The summed E-state index contributed by atoms with van der Waals surface area (Å²) in [5.41, 5.74) is 1.35. The van der Waals surface area contributed by atoms with Crippen LogP contribution in [0.15, 0.2) is 24.3 Å². The predicted octanol–water partition coefficient (Wildman–Crippen LogP) is 0.638. The van der Waals surface area contributed by atoms with Gasteiger partial charge in [0.25, 0.3) is 5.91 Å². The molecule has 1 heterocycles. The van der Waals surface area contributed by atoms with Crippen LogP contribution in [0.4, 0.5) is 0 Å². The first-order valence-corrected chi connectivity index (χ1v) is 5.43. The van der Waals surface area contributed by atoms with E-state index in [0.717, 1.165) is 10.9 Å². The number of benzene rings is 1. The van der Waals surface area contributed by atoms with Crippen molar-refractivity contribution < 1.29 is 9.90 Å². The van der Waals surface area contributed by atoms with Gasteiger partial charge in [0.2, 0.25) is 0 Å². The fourth-order valence-electron chi connectivity index (χ4n) is 1.80. The lowest BCUT2D eigenvalue weighted by atomic mass is 10.2.